The molecule has 0 aliphatic heterocycles. The van der Waals surface area contributed by atoms with Gasteiger partial charge in [0.1, 0.15) is 5.75 Å². The van der Waals surface area contributed by atoms with Crippen LogP contribution in [0, 0.1) is 0 Å². The Morgan fingerprint density at radius 3 is 2.87 bits per heavy atom. The maximum Gasteiger partial charge on any atom is 0.244 e. The lowest BCUT2D eigenvalue weighted by Gasteiger charge is -2.08. The van der Waals surface area contributed by atoms with E-state index in [9.17, 15) is 4.79 Å². The molecule has 6 heteroatoms. The van der Waals surface area contributed by atoms with Crippen LogP contribution in [-0.2, 0) is 9.53 Å². The van der Waals surface area contributed by atoms with Crippen LogP contribution in [0.5, 0.6) is 5.75 Å². The lowest BCUT2D eigenvalue weighted by atomic mass is 10.1. The summed E-state index contributed by atoms with van der Waals surface area (Å²) in [4.78, 5) is 11.6. The standard InChI is InChI=1S/C17H26N2O4/c1-2-3-10-23-16-6-4-14(13-15(16)18)5-7-17(21)19-8-11-22-12-9-20/h4-7,13,20H,2-3,8-12,18H2,1H3,(H,19,21)/b7-5-. The molecule has 0 saturated carbocycles. The largest absolute Gasteiger partial charge is 0.491 e. The number of ether oxygens (including phenoxy) is 2. The molecule has 0 aliphatic rings. The van der Waals surface area contributed by atoms with Gasteiger partial charge in [0.05, 0.1) is 32.1 Å². The second kappa shape index (κ2) is 11.5. The molecule has 0 heterocycles. The zero-order valence-electron chi connectivity index (χ0n) is 13.6. The van der Waals surface area contributed by atoms with Crippen molar-refractivity contribution < 1.29 is 19.4 Å². The Kier molecular flexibility index (Phi) is 9.51. The second-order valence-electron chi connectivity index (χ2n) is 4.96. The van der Waals surface area contributed by atoms with Crippen LogP contribution in [0.3, 0.4) is 0 Å². The fourth-order valence-electron chi connectivity index (χ4n) is 1.77. The summed E-state index contributed by atoms with van der Waals surface area (Å²) in [5.74, 6) is 0.459. The molecular weight excluding hydrogens is 296 g/mol. The molecule has 128 valence electrons. The van der Waals surface area contributed by atoms with Gasteiger partial charge in [-0.15, -0.1) is 0 Å². The average Bonchev–Trinajstić information content (AvgIpc) is 2.54. The molecule has 0 fully saturated rings. The first kappa shape index (κ1) is 19.0. The fourth-order valence-corrected chi connectivity index (χ4v) is 1.77. The molecule has 1 aromatic carbocycles. The topological polar surface area (TPSA) is 93.8 Å². The number of hydrogen-bond acceptors (Lipinski definition) is 5. The highest BCUT2D eigenvalue weighted by Crippen LogP contribution is 2.23. The number of rotatable bonds is 11. The SMILES string of the molecule is CCCCOc1ccc(/C=C\C(=O)NCCOCCO)cc1N. The van der Waals surface area contributed by atoms with Gasteiger partial charge >= 0.3 is 0 Å². The van der Waals surface area contributed by atoms with E-state index in [0.29, 0.717) is 31.2 Å². The smallest absolute Gasteiger partial charge is 0.244 e. The monoisotopic (exact) mass is 322 g/mol. The van der Waals surface area contributed by atoms with Crippen LogP contribution in [0.15, 0.2) is 24.3 Å². The maximum atomic E-state index is 11.6. The minimum absolute atomic E-state index is 0.0204. The van der Waals surface area contributed by atoms with Gasteiger partial charge in [0.25, 0.3) is 0 Å². The average molecular weight is 322 g/mol. The summed E-state index contributed by atoms with van der Waals surface area (Å²) in [6.45, 7) is 3.78. The Morgan fingerprint density at radius 1 is 1.35 bits per heavy atom. The third-order valence-electron chi connectivity index (χ3n) is 3.00. The number of amides is 1. The lowest BCUT2D eigenvalue weighted by molar-refractivity contribution is -0.116. The van der Waals surface area contributed by atoms with Gasteiger partial charge in [0, 0.05) is 12.6 Å². The summed E-state index contributed by atoms with van der Waals surface area (Å²) in [5, 5.41) is 11.2. The van der Waals surface area contributed by atoms with E-state index >= 15 is 0 Å². The zero-order valence-corrected chi connectivity index (χ0v) is 13.6. The molecule has 0 radical (unpaired) electrons. The third-order valence-corrected chi connectivity index (χ3v) is 3.00. The van der Waals surface area contributed by atoms with Gasteiger partial charge in [-0.2, -0.15) is 0 Å². The van der Waals surface area contributed by atoms with E-state index in [1.165, 1.54) is 6.08 Å². The summed E-state index contributed by atoms with van der Waals surface area (Å²) in [5.41, 5.74) is 7.33. The number of carbonyl (C=O) groups is 1. The van der Waals surface area contributed by atoms with Gasteiger partial charge in [-0.1, -0.05) is 19.4 Å². The van der Waals surface area contributed by atoms with E-state index in [-0.39, 0.29) is 19.1 Å². The Labute approximate surface area is 137 Å². The minimum atomic E-state index is -0.209. The Bertz CT molecular complexity index is 503. The van der Waals surface area contributed by atoms with Crippen LogP contribution in [0.4, 0.5) is 5.69 Å². The Hall–Kier alpha value is -2.05. The Morgan fingerprint density at radius 2 is 2.17 bits per heavy atom. The van der Waals surface area contributed by atoms with Crippen molar-refractivity contribution in [2.24, 2.45) is 0 Å². The minimum Gasteiger partial charge on any atom is -0.491 e. The molecule has 23 heavy (non-hydrogen) atoms. The predicted molar refractivity (Wildman–Crippen MR) is 91.2 cm³/mol. The molecule has 1 aromatic rings. The molecule has 4 N–H and O–H groups in total. The van der Waals surface area contributed by atoms with Crippen molar-refractivity contribution in [3.8, 4) is 5.75 Å². The number of anilines is 1. The van der Waals surface area contributed by atoms with Crippen molar-refractivity contribution in [3.63, 3.8) is 0 Å². The van der Waals surface area contributed by atoms with Crippen LogP contribution in [-0.4, -0.2) is 44.0 Å². The number of aliphatic hydroxyl groups is 1. The molecular formula is C17H26N2O4. The van der Waals surface area contributed by atoms with Crippen LogP contribution in [0.1, 0.15) is 25.3 Å². The molecule has 0 aromatic heterocycles. The normalized spacial score (nSPS) is 10.9. The molecule has 0 aliphatic carbocycles. The highest BCUT2D eigenvalue weighted by molar-refractivity contribution is 5.91. The van der Waals surface area contributed by atoms with Gasteiger partial charge in [-0.25, -0.2) is 0 Å². The van der Waals surface area contributed by atoms with Crippen LogP contribution in [0.2, 0.25) is 0 Å². The summed E-state index contributed by atoms with van der Waals surface area (Å²) in [6.07, 6.45) is 5.19. The predicted octanol–water partition coefficient (Wildman–Crippen LogP) is 1.59. The van der Waals surface area contributed by atoms with E-state index in [1.54, 1.807) is 12.1 Å². The molecule has 0 atom stereocenters. The van der Waals surface area contributed by atoms with E-state index in [4.69, 9.17) is 20.3 Å². The number of benzene rings is 1. The van der Waals surface area contributed by atoms with E-state index in [2.05, 4.69) is 12.2 Å². The number of nitrogens with two attached hydrogens (primary N) is 1. The van der Waals surface area contributed by atoms with Gasteiger partial charge in [0.2, 0.25) is 5.91 Å². The zero-order chi connectivity index (χ0) is 16.9. The lowest BCUT2D eigenvalue weighted by Crippen LogP contribution is -2.25. The van der Waals surface area contributed by atoms with Gasteiger partial charge in [-0.05, 0) is 30.2 Å². The van der Waals surface area contributed by atoms with Crippen LogP contribution >= 0.6 is 0 Å². The van der Waals surface area contributed by atoms with E-state index in [0.717, 1.165) is 18.4 Å². The quantitative estimate of drug-likeness (QED) is 0.327. The van der Waals surface area contributed by atoms with Crippen molar-refractivity contribution in [2.75, 3.05) is 38.7 Å². The molecule has 1 amide bonds. The number of nitrogen functional groups attached to an aromatic ring is 1. The van der Waals surface area contributed by atoms with Gasteiger partial charge in [-0.3, -0.25) is 4.79 Å². The summed E-state index contributed by atoms with van der Waals surface area (Å²) in [6, 6.07) is 5.44. The molecule has 1 rings (SSSR count). The van der Waals surface area contributed by atoms with Crippen molar-refractivity contribution in [3.05, 3.63) is 29.8 Å². The fraction of sp³-hybridized carbons (Fsp3) is 0.471. The van der Waals surface area contributed by atoms with Gasteiger partial charge in [0.15, 0.2) is 0 Å². The Balaban J connectivity index is 2.40. The second-order valence-corrected chi connectivity index (χ2v) is 4.96. The highest BCUT2D eigenvalue weighted by Gasteiger charge is 2.01. The summed E-state index contributed by atoms with van der Waals surface area (Å²) in [7, 11) is 0. The van der Waals surface area contributed by atoms with Crippen molar-refractivity contribution in [1.82, 2.24) is 5.32 Å². The number of nitrogens with one attached hydrogen (secondary N) is 1. The van der Waals surface area contributed by atoms with Crippen LogP contribution < -0.4 is 15.8 Å². The molecule has 0 saturated heterocycles. The highest BCUT2D eigenvalue weighted by atomic mass is 16.5. The molecule has 0 unspecified atom stereocenters. The molecule has 0 spiro atoms. The maximum absolute atomic E-state index is 11.6. The van der Waals surface area contributed by atoms with E-state index in [1.807, 2.05) is 12.1 Å². The first-order valence-electron chi connectivity index (χ1n) is 7.84. The molecule has 0 bridgehead atoms. The summed E-state index contributed by atoms with van der Waals surface area (Å²) < 4.78 is 10.6. The number of hydrogen-bond donors (Lipinski definition) is 3. The number of unbranched alkanes of at least 4 members (excludes halogenated alkanes) is 1. The third kappa shape index (κ3) is 8.23. The van der Waals surface area contributed by atoms with Gasteiger partial charge < -0.3 is 25.6 Å². The first-order valence-corrected chi connectivity index (χ1v) is 7.84. The van der Waals surface area contributed by atoms with E-state index < -0.39 is 0 Å². The summed E-state index contributed by atoms with van der Waals surface area (Å²) >= 11 is 0. The number of aliphatic hydroxyl groups excluding tert-OH is 1. The van der Waals surface area contributed by atoms with Crippen molar-refractivity contribution >= 4 is 17.7 Å². The molecule has 6 nitrogen and oxygen atoms in total. The van der Waals surface area contributed by atoms with Crippen molar-refractivity contribution in [2.45, 2.75) is 19.8 Å². The first-order chi connectivity index (χ1) is 11.2. The van der Waals surface area contributed by atoms with Crippen LogP contribution in [0.25, 0.3) is 6.08 Å². The van der Waals surface area contributed by atoms with Crippen molar-refractivity contribution in [1.29, 1.82) is 0 Å². The number of carbonyl (C=O) groups excluding carboxylic acids is 1.